The van der Waals surface area contributed by atoms with Gasteiger partial charge in [-0.2, -0.15) is 0 Å². The third kappa shape index (κ3) is 3.28. The molecule has 6 rings (SSSR count). The molecule has 168 valence electrons. The van der Waals surface area contributed by atoms with Crippen molar-refractivity contribution in [2.24, 2.45) is 0 Å². The standard InChI is InChI=1S/C27H20N2O5/c30-14-22-21(31)12-23(34-22)29-13-20(26(32)28-27(29)33)5-4-15-10-18-8-6-16-2-1-3-17-7-9-19(11-15)25(18)24(16)17/h1-3,6-11,13,21-23,30-31H,12,14H2,(H,28,32,33). The van der Waals surface area contributed by atoms with Crippen molar-refractivity contribution in [1.82, 2.24) is 9.55 Å². The second-order valence-electron chi connectivity index (χ2n) is 8.58. The SMILES string of the molecule is O=c1[nH]c(=O)n(C2CC(O)C(CO)O2)cc1C#Cc1cc2ccc3cccc4ccc(c1)c2c34. The van der Waals surface area contributed by atoms with E-state index in [9.17, 15) is 19.8 Å². The Morgan fingerprint density at radius 1 is 0.971 bits per heavy atom. The molecule has 7 nitrogen and oxygen atoms in total. The topological polar surface area (TPSA) is 105 Å². The normalized spacial score (nSPS) is 20.2. The molecule has 0 radical (unpaired) electrons. The molecule has 3 unspecified atom stereocenters. The average Bonchev–Trinajstić information content (AvgIpc) is 3.22. The second-order valence-corrected chi connectivity index (χ2v) is 8.58. The van der Waals surface area contributed by atoms with E-state index < -0.39 is 29.7 Å². The van der Waals surface area contributed by atoms with Crippen LogP contribution in [-0.4, -0.2) is 38.6 Å². The lowest BCUT2D eigenvalue weighted by atomic mass is 9.93. The predicted octanol–water partition coefficient (Wildman–Crippen LogP) is 2.47. The zero-order valence-corrected chi connectivity index (χ0v) is 18.0. The number of benzene rings is 4. The first-order chi connectivity index (χ1) is 16.5. The van der Waals surface area contributed by atoms with Gasteiger partial charge in [0.2, 0.25) is 0 Å². The number of H-pyrrole nitrogens is 1. The highest BCUT2D eigenvalue weighted by Gasteiger charge is 2.35. The van der Waals surface area contributed by atoms with Gasteiger partial charge in [-0.3, -0.25) is 14.3 Å². The van der Waals surface area contributed by atoms with Gasteiger partial charge in [0, 0.05) is 18.2 Å². The number of nitrogens with one attached hydrogen (secondary N) is 1. The van der Waals surface area contributed by atoms with Crippen LogP contribution in [0, 0.1) is 11.8 Å². The fraction of sp³-hybridized carbons (Fsp3) is 0.185. The first-order valence-electron chi connectivity index (χ1n) is 11.0. The molecule has 0 saturated carbocycles. The van der Waals surface area contributed by atoms with Crippen LogP contribution in [0.3, 0.4) is 0 Å². The quantitative estimate of drug-likeness (QED) is 0.282. The minimum atomic E-state index is -0.900. The van der Waals surface area contributed by atoms with Gasteiger partial charge in [-0.25, -0.2) is 4.79 Å². The molecule has 0 aliphatic carbocycles. The van der Waals surface area contributed by atoms with Crippen molar-refractivity contribution in [2.75, 3.05) is 6.61 Å². The highest BCUT2D eigenvalue weighted by atomic mass is 16.5. The molecule has 1 aliphatic rings. The zero-order valence-electron chi connectivity index (χ0n) is 18.0. The molecule has 1 aromatic heterocycles. The lowest BCUT2D eigenvalue weighted by Gasteiger charge is -2.14. The van der Waals surface area contributed by atoms with Crippen molar-refractivity contribution in [2.45, 2.75) is 24.9 Å². The number of hydrogen-bond donors (Lipinski definition) is 3. The number of aliphatic hydroxyl groups excluding tert-OH is 2. The van der Waals surface area contributed by atoms with E-state index in [4.69, 9.17) is 4.74 Å². The maximum atomic E-state index is 12.4. The van der Waals surface area contributed by atoms with Crippen LogP contribution >= 0.6 is 0 Å². The first kappa shape index (κ1) is 20.6. The van der Waals surface area contributed by atoms with Crippen LogP contribution in [0.1, 0.15) is 23.8 Å². The molecule has 34 heavy (non-hydrogen) atoms. The van der Waals surface area contributed by atoms with Crippen LogP contribution in [0.5, 0.6) is 0 Å². The number of aromatic nitrogens is 2. The molecule has 4 aromatic carbocycles. The lowest BCUT2D eigenvalue weighted by Crippen LogP contribution is -2.33. The van der Waals surface area contributed by atoms with Crippen LogP contribution in [0.25, 0.3) is 32.3 Å². The van der Waals surface area contributed by atoms with Crippen LogP contribution in [0.15, 0.2) is 70.4 Å². The molecule has 1 fully saturated rings. The van der Waals surface area contributed by atoms with Crippen molar-refractivity contribution in [1.29, 1.82) is 0 Å². The molecular formula is C27H20N2O5. The Bertz CT molecular complexity index is 1680. The number of aromatic amines is 1. The van der Waals surface area contributed by atoms with E-state index in [0.717, 1.165) is 16.3 Å². The lowest BCUT2D eigenvalue weighted by molar-refractivity contribution is -0.0459. The van der Waals surface area contributed by atoms with Crippen LogP contribution in [0.4, 0.5) is 0 Å². The number of hydrogen-bond acceptors (Lipinski definition) is 5. The summed E-state index contributed by atoms with van der Waals surface area (Å²) in [7, 11) is 0. The van der Waals surface area contributed by atoms with E-state index in [0.29, 0.717) is 0 Å². The number of rotatable bonds is 2. The van der Waals surface area contributed by atoms with Crippen LogP contribution in [0.2, 0.25) is 0 Å². The molecular weight excluding hydrogens is 432 g/mol. The fourth-order valence-electron chi connectivity index (χ4n) is 4.80. The highest BCUT2D eigenvalue weighted by Crippen LogP contribution is 2.35. The third-order valence-electron chi connectivity index (χ3n) is 6.47. The summed E-state index contributed by atoms with van der Waals surface area (Å²) in [6.45, 7) is -0.363. The van der Waals surface area contributed by atoms with Crippen LogP contribution in [-0.2, 0) is 4.74 Å². The van der Waals surface area contributed by atoms with Gasteiger partial charge in [0.15, 0.2) is 0 Å². The molecule has 7 heteroatoms. The van der Waals surface area contributed by atoms with E-state index in [2.05, 4.69) is 59.3 Å². The second kappa shape index (κ2) is 7.82. The van der Waals surface area contributed by atoms with Crippen molar-refractivity contribution in [3.63, 3.8) is 0 Å². The minimum absolute atomic E-state index is 0.107. The molecule has 3 N–H and O–H groups in total. The summed E-state index contributed by atoms with van der Waals surface area (Å²) in [6, 6.07) is 18.6. The van der Waals surface area contributed by atoms with Gasteiger partial charge in [-0.15, -0.1) is 0 Å². The molecule has 0 amide bonds. The number of aliphatic hydroxyl groups is 2. The summed E-state index contributed by atoms with van der Waals surface area (Å²) < 4.78 is 6.75. The smallest absolute Gasteiger partial charge is 0.330 e. The van der Waals surface area contributed by atoms with Gasteiger partial charge in [-0.1, -0.05) is 54.3 Å². The Kier molecular flexibility index (Phi) is 4.74. The zero-order chi connectivity index (χ0) is 23.4. The van der Waals surface area contributed by atoms with Crippen molar-refractivity contribution < 1.29 is 14.9 Å². The van der Waals surface area contributed by atoms with Crippen molar-refractivity contribution in [3.8, 4) is 11.8 Å². The van der Waals surface area contributed by atoms with Gasteiger partial charge in [-0.05, 0) is 44.5 Å². The molecule has 0 spiro atoms. The monoisotopic (exact) mass is 452 g/mol. The Morgan fingerprint density at radius 3 is 2.26 bits per heavy atom. The predicted molar refractivity (Wildman–Crippen MR) is 129 cm³/mol. The number of ether oxygens (including phenoxy) is 1. The van der Waals surface area contributed by atoms with E-state index in [1.54, 1.807) is 0 Å². The molecule has 5 aromatic rings. The minimum Gasteiger partial charge on any atom is -0.394 e. The molecule has 1 saturated heterocycles. The average molecular weight is 452 g/mol. The summed E-state index contributed by atoms with van der Waals surface area (Å²) >= 11 is 0. The third-order valence-corrected chi connectivity index (χ3v) is 6.47. The highest BCUT2D eigenvalue weighted by molar-refractivity contribution is 6.23. The Hall–Kier alpha value is -3.96. The van der Waals surface area contributed by atoms with Gasteiger partial charge >= 0.3 is 5.69 Å². The molecule has 3 atom stereocenters. The Morgan fingerprint density at radius 2 is 1.62 bits per heavy atom. The summed E-state index contributed by atoms with van der Waals surface area (Å²) in [5.41, 5.74) is -0.399. The molecule has 1 aliphatic heterocycles. The maximum Gasteiger partial charge on any atom is 0.330 e. The largest absolute Gasteiger partial charge is 0.394 e. The fourth-order valence-corrected chi connectivity index (χ4v) is 4.80. The Labute approximate surface area is 193 Å². The van der Waals surface area contributed by atoms with Gasteiger partial charge in [0.05, 0.1) is 12.7 Å². The van der Waals surface area contributed by atoms with Crippen LogP contribution < -0.4 is 11.2 Å². The summed E-state index contributed by atoms with van der Waals surface area (Å²) in [5.74, 6) is 5.93. The van der Waals surface area contributed by atoms with Gasteiger partial charge in [0.1, 0.15) is 17.9 Å². The van der Waals surface area contributed by atoms with Crippen molar-refractivity contribution >= 4 is 32.3 Å². The van der Waals surface area contributed by atoms with E-state index in [1.807, 2.05) is 12.1 Å². The van der Waals surface area contributed by atoms with Gasteiger partial charge in [0.25, 0.3) is 5.56 Å². The first-order valence-corrected chi connectivity index (χ1v) is 11.0. The van der Waals surface area contributed by atoms with E-state index >= 15 is 0 Å². The van der Waals surface area contributed by atoms with Crippen molar-refractivity contribution in [3.05, 3.63) is 92.8 Å². The molecule has 2 heterocycles. The number of nitrogens with zero attached hydrogens (tertiary/aromatic N) is 1. The van der Waals surface area contributed by atoms with Gasteiger partial charge < -0.3 is 14.9 Å². The summed E-state index contributed by atoms with van der Waals surface area (Å²) in [6.07, 6.45) is -1.01. The molecule has 0 bridgehead atoms. The summed E-state index contributed by atoms with van der Waals surface area (Å²) in [5, 5.41) is 26.2. The Balaban J connectivity index is 1.42. The van der Waals surface area contributed by atoms with E-state index in [1.165, 1.54) is 32.3 Å². The van der Waals surface area contributed by atoms with E-state index in [-0.39, 0.29) is 18.6 Å². The maximum absolute atomic E-state index is 12.4. The summed E-state index contributed by atoms with van der Waals surface area (Å²) in [4.78, 5) is 27.0.